The number of carbonyl (C=O) groups is 1. The average molecular weight is 294 g/mol. The van der Waals surface area contributed by atoms with Crippen LogP contribution in [0.4, 0.5) is 0 Å². The van der Waals surface area contributed by atoms with Crippen LogP contribution < -0.4 is 0 Å². The van der Waals surface area contributed by atoms with E-state index in [1.807, 2.05) is 0 Å². The quantitative estimate of drug-likeness (QED) is 0.380. The van der Waals surface area contributed by atoms with E-state index in [-0.39, 0.29) is 12.0 Å². The maximum absolute atomic E-state index is 12.4. The monoisotopic (exact) mass is 294 g/mol. The van der Waals surface area contributed by atoms with E-state index in [0.29, 0.717) is 6.61 Å². The number of hydrogen-bond donors (Lipinski definition) is 2. The molecule has 0 radical (unpaired) electrons. The largest absolute Gasteiger partial charge is 0.459 e. The molecule has 2 aliphatic carbocycles. The lowest BCUT2D eigenvalue weighted by molar-refractivity contribution is -0.232. The van der Waals surface area contributed by atoms with Crippen molar-refractivity contribution in [2.24, 2.45) is 17.3 Å². The van der Waals surface area contributed by atoms with Crippen molar-refractivity contribution in [2.45, 2.75) is 49.5 Å². The van der Waals surface area contributed by atoms with E-state index in [0.717, 1.165) is 5.57 Å². The van der Waals surface area contributed by atoms with Crippen LogP contribution in [0.25, 0.3) is 0 Å². The summed E-state index contributed by atoms with van der Waals surface area (Å²) in [6.07, 6.45) is -2.37. The molecule has 6 nitrogen and oxygen atoms in total. The molecule has 1 spiro atoms. The summed E-state index contributed by atoms with van der Waals surface area (Å²) < 4.78 is 16.7. The number of hydrogen-bond acceptors (Lipinski definition) is 6. The first-order valence-corrected chi connectivity index (χ1v) is 7.36. The van der Waals surface area contributed by atoms with Gasteiger partial charge in [0.2, 0.25) is 0 Å². The van der Waals surface area contributed by atoms with E-state index in [1.165, 1.54) is 0 Å². The van der Waals surface area contributed by atoms with E-state index >= 15 is 0 Å². The molecule has 3 heterocycles. The van der Waals surface area contributed by atoms with Crippen molar-refractivity contribution >= 4 is 5.97 Å². The number of epoxide rings is 2. The first-order valence-electron chi connectivity index (χ1n) is 7.36. The zero-order valence-electron chi connectivity index (χ0n) is 11.9. The molecule has 0 unspecified atom stereocenters. The third-order valence-corrected chi connectivity index (χ3v) is 6.72. The number of esters is 1. The van der Waals surface area contributed by atoms with Crippen LogP contribution in [0.3, 0.4) is 0 Å². The van der Waals surface area contributed by atoms with Gasteiger partial charge in [-0.2, -0.15) is 0 Å². The first kappa shape index (κ1) is 12.6. The molecule has 3 saturated heterocycles. The van der Waals surface area contributed by atoms with Crippen LogP contribution in [-0.2, 0) is 19.0 Å². The highest BCUT2D eigenvalue weighted by Crippen LogP contribution is 2.75. The molecular formula is C15H18O6. The molecular weight excluding hydrogens is 276 g/mol. The smallest absolute Gasteiger partial charge is 0.313 e. The normalized spacial score (nSPS) is 65.8. The second-order valence-corrected chi connectivity index (χ2v) is 7.38. The summed E-state index contributed by atoms with van der Waals surface area (Å²) in [5.74, 6) is -1.60. The second kappa shape index (κ2) is 3.06. The Balaban J connectivity index is 1.76. The van der Waals surface area contributed by atoms with Gasteiger partial charge in [-0.05, 0) is 6.92 Å². The minimum absolute atomic E-state index is 0.236. The Morgan fingerprint density at radius 3 is 2.67 bits per heavy atom. The van der Waals surface area contributed by atoms with Crippen molar-refractivity contribution in [3.8, 4) is 0 Å². The van der Waals surface area contributed by atoms with Gasteiger partial charge in [-0.1, -0.05) is 19.1 Å². The van der Waals surface area contributed by atoms with Gasteiger partial charge in [-0.15, -0.1) is 0 Å². The minimum atomic E-state index is -1.47. The molecule has 3 aliphatic heterocycles. The molecule has 5 fully saturated rings. The lowest BCUT2D eigenvalue weighted by Crippen LogP contribution is -2.70. The molecule has 0 aromatic carbocycles. The summed E-state index contributed by atoms with van der Waals surface area (Å²) in [5, 5.41) is 22.4. The molecule has 2 N–H and O–H groups in total. The van der Waals surface area contributed by atoms with Crippen LogP contribution >= 0.6 is 0 Å². The fourth-order valence-corrected chi connectivity index (χ4v) is 5.49. The van der Waals surface area contributed by atoms with Gasteiger partial charge >= 0.3 is 5.97 Å². The van der Waals surface area contributed by atoms with Crippen LogP contribution in [0.15, 0.2) is 12.2 Å². The molecule has 114 valence electrons. The third kappa shape index (κ3) is 0.958. The predicted molar refractivity (Wildman–Crippen MR) is 68.1 cm³/mol. The highest BCUT2D eigenvalue weighted by atomic mass is 16.7. The maximum Gasteiger partial charge on any atom is 0.313 e. The lowest BCUT2D eigenvalue weighted by atomic mass is 9.52. The Morgan fingerprint density at radius 2 is 2.10 bits per heavy atom. The lowest BCUT2D eigenvalue weighted by Gasteiger charge is -2.54. The zero-order chi connectivity index (χ0) is 14.9. The van der Waals surface area contributed by atoms with Gasteiger partial charge in [0, 0.05) is 5.92 Å². The van der Waals surface area contributed by atoms with Gasteiger partial charge in [-0.3, -0.25) is 4.79 Å². The average Bonchev–Trinajstić information content (AvgIpc) is 3.27. The zero-order valence-corrected chi connectivity index (χ0v) is 11.9. The summed E-state index contributed by atoms with van der Waals surface area (Å²) in [6.45, 7) is 7.96. The summed E-state index contributed by atoms with van der Waals surface area (Å²) in [6, 6.07) is 0. The van der Waals surface area contributed by atoms with Gasteiger partial charge in [0.15, 0.2) is 0 Å². The Kier molecular flexibility index (Phi) is 1.83. The van der Waals surface area contributed by atoms with Crippen molar-refractivity contribution in [1.29, 1.82) is 0 Å². The molecule has 5 aliphatic rings. The molecule has 0 aromatic heterocycles. The Labute approximate surface area is 121 Å². The summed E-state index contributed by atoms with van der Waals surface area (Å²) in [4.78, 5) is 12.4. The molecule has 2 saturated carbocycles. The molecule has 21 heavy (non-hydrogen) atoms. The van der Waals surface area contributed by atoms with Gasteiger partial charge < -0.3 is 24.4 Å². The van der Waals surface area contributed by atoms with Crippen molar-refractivity contribution in [3.63, 3.8) is 0 Å². The van der Waals surface area contributed by atoms with E-state index in [9.17, 15) is 15.0 Å². The maximum atomic E-state index is 12.4. The van der Waals surface area contributed by atoms with Crippen molar-refractivity contribution in [1.82, 2.24) is 0 Å². The number of aliphatic hydroxyl groups is 2. The summed E-state index contributed by atoms with van der Waals surface area (Å²) in [5.41, 5.74) is -2.38. The van der Waals surface area contributed by atoms with Crippen LogP contribution in [0.1, 0.15) is 13.8 Å². The minimum Gasteiger partial charge on any atom is -0.459 e. The molecule has 9 atom stereocenters. The van der Waals surface area contributed by atoms with E-state index in [2.05, 4.69) is 6.58 Å². The fraction of sp³-hybridized carbons (Fsp3) is 0.800. The number of aliphatic hydroxyl groups excluding tert-OH is 1. The Bertz CT molecular complexity index is 597. The van der Waals surface area contributed by atoms with Crippen LogP contribution in [0.5, 0.6) is 0 Å². The summed E-state index contributed by atoms with van der Waals surface area (Å²) >= 11 is 0. The Morgan fingerprint density at radius 1 is 1.43 bits per heavy atom. The number of fused-ring (bicyclic) bond motifs is 8. The Hall–Kier alpha value is -0.950. The van der Waals surface area contributed by atoms with Crippen molar-refractivity contribution in [2.75, 3.05) is 6.61 Å². The van der Waals surface area contributed by atoms with Crippen molar-refractivity contribution in [3.05, 3.63) is 12.2 Å². The van der Waals surface area contributed by atoms with Crippen LogP contribution in [0.2, 0.25) is 0 Å². The topological polar surface area (TPSA) is 91.8 Å². The predicted octanol–water partition coefficient (Wildman–Crippen LogP) is -0.618. The van der Waals surface area contributed by atoms with Crippen LogP contribution in [-0.4, -0.2) is 58.4 Å². The van der Waals surface area contributed by atoms with Gasteiger partial charge in [0.1, 0.15) is 35.6 Å². The van der Waals surface area contributed by atoms with Crippen molar-refractivity contribution < 1.29 is 29.2 Å². The van der Waals surface area contributed by atoms with E-state index < -0.39 is 46.8 Å². The number of rotatable bonds is 1. The second-order valence-electron chi connectivity index (χ2n) is 7.38. The third-order valence-electron chi connectivity index (χ3n) is 6.72. The first-order chi connectivity index (χ1) is 9.80. The van der Waals surface area contributed by atoms with E-state index in [4.69, 9.17) is 14.2 Å². The standard InChI is InChI=1S/C15H18O6/c1-5(2)6-7-12(17)20-8(6)9(16)13(3)14(4-19-14)10-11(21-10)15(7,13)18/h6-11,16,18H,1,4H2,2-3H3/t6-,7-,8-,9+,10+,11-,13-,14-,15-/m0/s1. The molecule has 2 bridgehead atoms. The molecule has 6 heteroatoms. The van der Waals surface area contributed by atoms with Gasteiger partial charge in [0.25, 0.3) is 0 Å². The molecule has 0 aromatic rings. The van der Waals surface area contributed by atoms with Gasteiger partial charge in [0.05, 0.1) is 17.9 Å². The summed E-state index contributed by atoms with van der Waals surface area (Å²) in [7, 11) is 0. The highest BCUT2D eigenvalue weighted by Gasteiger charge is 2.94. The number of ether oxygens (including phenoxy) is 3. The molecule has 5 rings (SSSR count). The number of carbonyl (C=O) groups excluding carboxylic acids is 1. The van der Waals surface area contributed by atoms with Crippen LogP contribution in [0, 0.1) is 17.3 Å². The highest BCUT2D eigenvalue weighted by molar-refractivity contribution is 5.80. The van der Waals surface area contributed by atoms with Gasteiger partial charge in [-0.25, -0.2) is 0 Å². The SMILES string of the molecule is C=C(C)[C@@H]1[C@@H]2OC(=O)[C@H]1[C@]1(O)[C@H]3O[C@H]3[C@@]3(CO3)[C@]1(C)[C@@H]2O. The molecule has 0 amide bonds. The fourth-order valence-electron chi connectivity index (χ4n) is 5.49. The van der Waals surface area contributed by atoms with E-state index in [1.54, 1.807) is 13.8 Å².